The molecule has 7 heteroatoms. The number of fused-ring (bicyclic) bond motifs is 1. The number of hydrogen-bond donors (Lipinski definition) is 1. The first-order chi connectivity index (χ1) is 12.4. The van der Waals surface area contributed by atoms with Crippen molar-refractivity contribution < 1.29 is 23.1 Å². The molecule has 0 saturated heterocycles. The molecule has 3 aromatic rings. The van der Waals surface area contributed by atoms with Crippen molar-refractivity contribution >= 4 is 16.9 Å². The topological polar surface area (TPSA) is 59.3 Å². The van der Waals surface area contributed by atoms with E-state index in [4.69, 9.17) is 5.11 Å². The molecule has 1 N–H and O–H groups in total. The first-order valence-corrected chi connectivity index (χ1v) is 7.84. The van der Waals surface area contributed by atoms with Gasteiger partial charge in [0, 0.05) is 17.1 Å². The van der Waals surface area contributed by atoms with Crippen LogP contribution >= 0.6 is 0 Å². The van der Waals surface area contributed by atoms with Crippen LogP contribution in [0.4, 0.5) is 13.2 Å². The monoisotopic (exact) mass is 361 g/mol. The quantitative estimate of drug-likeness (QED) is 0.710. The Kier molecular flexibility index (Phi) is 4.79. The Morgan fingerprint density at radius 3 is 2.46 bits per heavy atom. The van der Waals surface area contributed by atoms with Crippen LogP contribution in [0, 0.1) is 17.5 Å². The number of carbonyl (C=O) groups is 1. The Labute approximate surface area is 146 Å². The van der Waals surface area contributed by atoms with E-state index in [-0.39, 0.29) is 30.4 Å². The van der Waals surface area contributed by atoms with Crippen LogP contribution in [0.3, 0.4) is 0 Å². The van der Waals surface area contributed by atoms with Gasteiger partial charge in [-0.05, 0) is 36.6 Å². The van der Waals surface area contributed by atoms with Crippen molar-refractivity contribution in [1.82, 2.24) is 4.57 Å². The number of carboxylic acids is 1. The Hall–Kier alpha value is -3.09. The largest absolute Gasteiger partial charge is 0.480 e. The van der Waals surface area contributed by atoms with E-state index in [1.807, 2.05) is 0 Å². The van der Waals surface area contributed by atoms with Crippen LogP contribution < -0.4 is 5.43 Å². The lowest BCUT2D eigenvalue weighted by atomic mass is 10.0. The number of para-hydroxylation sites is 1. The summed E-state index contributed by atoms with van der Waals surface area (Å²) >= 11 is 0. The summed E-state index contributed by atoms with van der Waals surface area (Å²) in [4.78, 5) is 23.5. The van der Waals surface area contributed by atoms with Gasteiger partial charge in [0.1, 0.15) is 6.54 Å². The van der Waals surface area contributed by atoms with Gasteiger partial charge < -0.3 is 9.67 Å². The summed E-state index contributed by atoms with van der Waals surface area (Å²) in [7, 11) is 0. The lowest BCUT2D eigenvalue weighted by molar-refractivity contribution is -0.137. The van der Waals surface area contributed by atoms with Crippen molar-refractivity contribution in [3.05, 3.63) is 81.4 Å². The van der Waals surface area contributed by atoms with Crippen molar-refractivity contribution in [2.24, 2.45) is 0 Å². The van der Waals surface area contributed by atoms with Gasteiger partial charge in [-0.2, -0.15) is 0 Å². The molecule has 0 unspecified atom stereocenters. The molecule has 4 nitrogen and oxygen atoms in total. The second-order valence-electron chi connectivity index (χ2n) is 5.83. The molecule has 0 atom stereocenters. The first-order valence-electron chi connectivity index (χ1n) is 7.84. The maximum atomic E-state index is 13.8. The lowest BCUT2D eigenvalue weighted by Crippen LogP contribution is -2.19. The minimum Gasteiger partial charge on any atom is -0.480 e. The minimum absolute atomic E-state index is 0.0135. The highest BCUT2D eigenvalue weighted by molar-refractivity contribution is 5.81. The van der Waals surface area contributed by atoms with Crippen molar-refractivity contribution in [3.63, 3.8) is 0 Å². The number of aromatic nitrogens is 1. The number of aliphatic carboxylic acids is 1. The molecular formula is C19H14F3NO3. The van der Waals surface area contributed by atoms with Gasteiger partial charge in [-0.25, -0.2) is 13.2 Å². The van der Waals surface area contributed by atoms with Crippen LogP contribution in [0.1, 0.15) is 11.3 Å². The van der Waals surface area contributed by atoms with Crippen LogP contribution in [0.5, 0.6) is 0 Å². The third-order valence-electron chi connectivity index (χ3n) is 4.16. The molecule has 3 rings (SSSR count). The Morgan fingerprint density at radius 1 is 1.00 bits per heavy atom. The number of nitrogens with zero attached hydrogens (tertiary/aromatic N) is 1. The molecule has 0 saturated carbocycles. The van der Waals surface area contributed by atoms with Gasteiger partial charge in [-0.15, -0.1) is 0 Å². The fraction of sp³-hybridized carbons (Fsp3) is 0.158. The number of benzene rings is 2. The highest BCUT2D eigenvalue weighted by atomic mass is 19.2. The summed E-state index contributed by atoms with van der Waals surface area (Å²) < 4.78 is 41.7. The van der Waals surface area contributed by atoms with Gasteiger partial charge in [-0.1, -0.05) is 18.2 Å². The second-order valence-corrected chi connectivity index (χ2v) is 5.83. The Bertz CT molecular complexity index is 1060. The molecule has 2 aromatic carbocycles. The predicted molar refractivity (Wildman–Crippen MR) is 89.6 cm³/mol. The van der Waals surface area contributed by atoms with Gasteiger partial charge >= 0.3 is 5.97 Å². The number of halogens is 3. The summed E-state index contributed by atoms with van der Waals surface area (Å²) in [5, 5.41) is 9.54. The molecule has 0 aliphatic rings. The maximum Gasteiger partial charge on any atom is 0.323 e. The number of pyridine rings is 1. The van der Waals surface area contributed by atoms with Crippen molar-refractivity contribution in [2.75, 3.05) is 0 Å². The molecule has 0 fully saturated rings. The summed E-state index contributed by atoms with van der Waals surface area (Å²) in [6.07, 6.45) is 0.0791. The van der Waals surface area contributed by atoms with Gasteiger partial charge in [0.05, 0.1) is 5.52 Å². The van der Waals surface area contributed by atoms with Crippen LogP contribution in [0.15, 0.2) is 47.3 Å². The Balaban J connectivity index is 2.03. The zero-order chi connectivity index (χ0) is 18.8. The number of hydrogen-bond acceptors (Lipinski definition) is 2. The molecule has 1 aromatic heterocycles. The summed E-state index contributed by atoms with van der Waals surface area (Å²) in [5.74, 6) is -5.21. The molecule has 0 aliphatic carbocycles. The molecule has 0 bridgehead atoms. The van der Waals surface area contributed by atoms with E-state index >= 15 is 0 Å². The predicted octanol–water partition coefficient (Wildman–Crippen LogP) is 3.29. The van der Waals surface area contributed by atoms with Gasteiger partial charge in [0.15, 0.2) is 22.9 Å². The second kappa shape index (κ2) is 7.03. The zero-order valence-electron chi connectivity index (χ0n) is 13.5. The number of rotatable bonds is 5. The van der Waals surface area contributed by atoms with E-state index in [1.54, 1.807) is 24.3 Å². The highest BCUT2D eigenvalue weighted by Crippen LogP contribution is 2.19. The molecular weight excluding hydrogens is 347 g/mol. The zero-order valence-corrected chi connectivity index (χ0v) is 13.5. The molecule has 0 spiro atoms. The molecule has 0 radical (unpaired) electrons. The number of carboxylic acid groups (broad SMARTS) is 1. The van der Waals surface area contributed by atoms with E-state index in [0.717, 1.165) is 12.1 Å². The van der Waals surface area contributed by atoms with E-state index in [1.165, 1.54) is 10.6 Å². The fourth-order valence-corrected chi connectivity index (χ4v) is 2.93. The van der Waals surface area contributed by atoms with E-state index in [2.05, 4.69) is 0 Å². The highest BCUT2D eigenvalue weighted by Gasteiger charge is 2.15. The summed E-state index contributed by atoms with van der Waals surface area (Å²) in [5.41, 5.74) is 0.484. The van der Waals surface area contributed by atoms with Crippen LogP contribution in [0.2, 0.25) is 0 Å². The van der Waals surface area contributed by atoms with Gasteiger partial charge in [0.25, 0.3) is 0 Å². The van der Waals surface area contributed by atoms with Crippen molar-refractivity contribution in [2.45, 2.75) is 19.4 Å². The average Bonchev–Trinajstić information content (AvgIpc) is 2.62. The van der Waals surface area contributed by atoms with Crippen LogP contribution in [0.25, 0.3) is 10.9 Å². The standard InChI is InChI=1S/C19H14F3NO3/c20-14-8-6-11(18(21)19(14)22)5-7-12-9-16(24)13-3-1-2-4-15(13)23(12)10-17(25)26/h1-4,6,8-9H,5,7,10H2,(H,25,26). The molecule has 26 heavy (non-hydrogen) atoms. The van der Waals surface area contributed by atoms with E-state index in [0.29, 0.717) is 16.6 Å². The van der Waals surface area contributed by atoms with E-state index in [9.17, 15) is 22.8 Å². The van der Waals surface area contributed by atoms with Crippen LogP contribution in [-0.2, 0) is 24.2 Å². The van der Waals surface area contributed by atoms with Gasteiger partial charge in [-0.3, -0.25) is 9.59 Å². The fourth-order valence-electron chi connectivity index (χ4n) is 2.93. The number of aryl methyl sites for hydroxylation is 2. The van der Waals surface area contributed by atoms with Crippen molar-refractivity contribution in [1.29, 1.82) is 0 Å². The van der Waals surface area contributed by atoms with E-state index < -0.39 is 23.4 Å². The molecule has 0 aliphatic heterocycles. The maximum absolute atomic E-state index is 13.8. The third-order valence-corrected chi connectivity index (χ3v) is 4.16. The lowest BCUT2D eigenvalue weighted by Gasteiger charge is -2.15. The normalized spacial score (nSPS) is 11.0. The summed E-state index contributed by atoms with van der Waals surface area (Å²) in [6.45, 7) is -0.379. The smallest absolute Gasteiger partial charge is 0.323 e. The minimum atomic E-state index is -1.55. The van der Waals surface area contributed by atoms with Crippen molar-refractivity contribution in [3.8, 4) is 0 Å². The van der Waals surface area contributed by atoms with Crippen LogP contribution in [-0.4, -0.2) is 15.6 Å². The molecule has 134 valence electrons. The molecule has 0 amide bonds. The average molecular weight is 361 g/mol. The first kappa shape index (κ1) is 17.7. The SMILES string of the molecule is O=C(O)Cn1c(CCc2ccc(F)c(F)c2F)cc(=O)c2ccccc21. The molecule has 1 heterocycles. The summed E-state index contributed by atoms with van der Waals surface area (Å²) in [6, 6.07) is 9.83. The van der Waals surface area contributed by atoms with Gasteiger partial charge in [0.2, 0.25) is 0 Å². The third kappa shape index (κ3) is 3.33. The Morgan fingerprint density at radius 2 is 1.73 bits per heavy atom.